The van der Waals surface area contributed by atoms with Crippen molar-refractivity contribution in [1.29, 1.82) is 0 Å². The van der Waals surface area contributed by atoms with Gasteiger partial charge in [0.15, 0.2) is 5.76 Å². The number of carbonyl (C=O) groups excluding carboxylic acids is 1. The van der Waals surface area contributed by atoms with Crippen molar-refractivity contribution >= 4 is 11.9 Å². The number of hydrogen-bond donors (Lipinski definition) is 0. The Hall–Kier alpha value is -3.47. The molecule has 0 spiro atoms. The van der Waals surface area contributed by atoms with Gasteiger partial charge in [0.25, 0.3) is 0 Å². The molecule has 0 saturated carbocycles. The molecule has 3 aromatic carbocycles. The zero-order valence-corrected chi connectivity index (χ0v) is 14.1. The minimum atomic E-state index is -0.389. The van der Waals surface area contributed by atoms with Gasteiger partial charge in [0.1, 0.15) is 29.7 Å². The third kappa shape index (κ3) is 3.72. The molecule has 1 aliphatic rings. The fourth-order valence-electron chi connectivity index (χ4n) is 2.80. The van der Waals surface area contributed by atoms with E-state index in [1.807, 2.05) is 0 Å². The molecule has 5 heteroatoms. The van der Waals surface area contributed by atoms with Gasteiger partial charge in [-0.15, -0.1) is 0 Å². The van der Waals surface area contributed by atoms with Crippen LogP contribution in [0.25, 0.3) is 6.08 Å². The number of rotatable bonds is 4. The molecule has 0 radical (unpaired) electrons. The van der Waals surface area contributed by atoms with Crippen LogP contribution in [0.1, 0.15) is 21.5 Å². The molecule has 0 amide bonds. The van der Waals surface area contributed by atoms with Crippen LogP contribution in [0.2, 0.25) is 0 Å². The van der Waals surface area contributed by atoms with E-state index in [1.165, 1.54) is 30.3 Å². The third-order valence-corrected chi connectivity index (χ3v) is 4.08. The minimum Gasteiger partial charge on any atom is -0.489 e. The number of Topliss-reactive ketones (excluding diaryl/α,β-unsaturated/α-hetero) is 1. The van der Waals surface area contributed by atoms with E-state index >= 15 is 0 Å². The molecule has 0 saturated heterocycles. The Morgan fingerprint density at radius 3 is 2.48 bits per heavy atom. The van der Waals surface area contributed by atoms with Crippen LogP contribution in [0.15, 0.2) is 72.5 Å². The maximum absolute atomic E-state index is 13.3. The molecule has 0 aliphatic carbocycles. The number of hydrogen-bond acceptors (Lipinski definition) is 3. The third-order valence-electron chi connectivity index (χ3n) is 4.08. The van der Waals surface area contributed by atoms with E-state index < -0.39 is 0 Å². The molecular weight excluding hydrogens is 350 g/mol. The standard InChI is InChI=1S/C22H14F2O3/c23-16-5-1-3-14(9-16)11-21-22(25)19-8-7-18(12-20(19)27-21)26-13-15-4-2-6-17(24)10-15/h1-12H,13H2/b21-11-. The van der Waals surface area contributed by atoms with Gasteiger partial charge < -0.3 is 9.47 Å². The van der Waals surface area contributed by atoms with Crippen LogP contribution in [0, 0.1) is 11.6 Å². The predicted octanol–water partition coefficient (Wildman–Crippen LogP) is 5.16. The lowest BCUT2D eigenvalue weighted by atomic mass is 10.1. The van der Waals surface area contributed by atoms with Crippen LogP contribution < -0.4 is 9.47 Å². The molecule has 1 aliphatic heterocycles. The lowest BCUT2D eigenvalue weighted by Crippen LogP contribution is -1.98. The first-order valence-electron chi connectivity index (χ1n) is 8.29. The number of allylic oxidation sites excluding steroid dienone is 1. The molecule has 0 unspecified atom stereocenters. The molecule has 0 fully saturated rings. The topological polar surface area (TPSA) is 35.5 Å². The highest BCUT2D eigenvalue weighted by Crippen LogP contribution is 2.35. The minimum absolute atomic E-state index is 0.123. The molecule has 4 rings (SSSR count). The van der Waals surface area contributed by atoms with Gasteiger partial charge in [-0.2, -0.15) is 0 Å². The number of fused-ring (bicyclic) bond motifs is 1. The van der Waals surface area contributed by atoms with Crippen LogP contribution in [0.4, 0.5) is 8.78 Å². The van der Waals surface area contributed by atoms with Gasteiger partial charge in [-0.1, -0.05) is 24.3 Å². The highest BCUT2D eigenvalue weighted by atomic mass is 19.1. The van der Waals surface area contributed by atoms with Crippen molar-refractivity contribution in [3.63, 3.8) is 0 Å². The quantitative estimate of drug-likeness (QED) is 0.600. The highest BCUT2D eigenvalue weighted by Gasteiger charge is 2.27. The van der Waals surface area contributed by atoms with Gasteiger partial charge in [-0.25, -0.2) is 8.78 Å². The van der Waals surface area contributed by atoms with Crippen LogP contribution in [-0.4, -0.2) is 5.78 Å². The van der Waals surface area contributed by atoms with E-state index in [0.717, 1.165) is 0 Å². The summed E-state index contributed by atoms with van der Waals surface area (Å²) in [5, 5.41) is 0. The maximum Gasteiger partial charge on any atom is 0.231 e. The summed E-state index contributed by atoms with van der Waals surface area (Å²) < 4.78 is 37.8. The molecule has 134 valence electrons. The van der Waals surface area contributed by atoms with Gasteiger partial charge in [0.2, 0.25) is 5.78 Å². The van der Waals surface area contributed by atoms with E-state index in [-0.39, 0.29) is 29.8 Å². The van der Waals surface area contributed by atoms with Crippen molar-refractivity contribution in [2.75, 3.05) is 0 Å². The SMILES string of the molecule is O=C1/C(=C/c2cccc(F)c2)Oc2cc(OCc3cccc(F)c3)ccc21. The van der Waals surface area contributed by atoms with Gasteiger partial charge in [-0.05, 0) is 53.6 Å². The smallest absolute Gasteiger partial charge is 0.231 e. The van der Waals surface area contributed by atoms with Gasteiger partial charge in [-0.3, -0.25) is 4.79 Å². The lowest BCUT2D eigenvalue weighted by molar-refractivity contribution is 0.101. The zero-order valence-electron chi connectivity index (χ0n) is 14.1. The van der Waals surface area contributed by atoms with E-state index in [1.54, 1.807) is 42.5 Å². The highest BCUT2D eigenvalue weighted by molar-refractivity contribution is 6.14. The fraction of sp³-hybridized carbons (Fsp3) is 0.0455. The Labute approximate surface area is 154 Å². The van der Waals surface area contributed by atoms with Crippen molar-refractivity contribution in [2.45, 2.75) is 6.61 Å². The molecule has 1 heterocycles. The summed E-state index contributed by atoms with van der Waals surface area (Å²) in [4.78, 5) is 12.4. The summed E-state index contributed by atoms with van der Waals surface area (Å²) >= 11 is 0. The largest absolute Gasteiger partial charge is 0.489 e. The Morgan fingerprint density at radius 2 is 1.70 bits per heavy atom. The van der Waals surface area contributed by atoms with Crippen LogP contribution >= 0.6 is 0 Å². The zero-order chi connectivity index (χ0) is 18.8. The first-order chi connectivity index (χ1) is 13.1. The van der Waals surface area contributed by atoms with Gasteiger partial charge in [0.05, 0.1) is 5.56 Å². The molecule has 0 atom stereocenters. The van der Waals surface area contributed by atoms with Crippen molar-refractivity contribution in [3.05, 3.63) is 101 Å². The number of carbonyl (C=O) groups is 1. The first kappa shape index (κ1) is 17.0. The van der Waals surface area contributed by atoms with E-state index in [2.05, 4.69) is 0 Å². The van der Waals surface area contributed by atoms with Crippen molar-refractivity contribution in [2.24, 2.45) is 0 Å². The van der Waals surface area contributed by atoms with E-state index in [9.17, 15) is 13.6 Å². The van der Waals surface area contributed by atoms with Crippen molar-refractivity contribution < 1.29 is 23.0 Å². The lowest BCUT2D eigenvalue weighted by Gasteiger charge is -2.07. The molecular formula is C22H14F2O3. The summed E-state index contributed by atoms with van der Waals surface area (Å²) in [6.45, 7) is 0.191. The molecule has 3 aromatic rings. The second kappa shape index (κ2) is 7.03. The Kier molecular flexibility index (Phi) is 4.42. The van der Waals surface area contributed by atoms with E-state index in [4.69, 9.17) is 9.47 Å². The molecule has 27 heavy (non-hydrogen) atoms. The summed E-state index contributed by atoms with van der Waals surface area (Å²) in [6.07, 6.45) is 1.50. The normalized spacial score (nSPS) is 14.1. The Balaban J connectivity index is 1.52. The van der Waals surface area contributed by atoms with Crippen LogP contribution in [-0.2, 0) is 6.61 Å². The maximum atomic E-state index is 13.3. The molecule has 0 aromatic heterocycles. The first-order valence-corrected chi connectivity index (χ1v) is 8.29. The number of benzene rings is 3. The van der Waals surface area contributed by atoms with Gasteiger partial charge in [0, 0.05) is 6.07 Å². The Bertz CT molecular complexity index is 1060. The Morgan fingerprint density at radius 1 is 0.926 bits per heavy atom. The van der Waals surface area contributed by atoms with Crippen LogP contribution in [0.5, 0.6) is 11.5 Å². The van der Waals surface area contributed by atoms with Gasteiger partial charge >= 0.3 is 0 Å². The van der Waals surface area contributed by atoms with Crippen molar-refractivity contribution in [1.82, 2.24) is 0 Å². The van der Waals surface area contributed by atoms with E-state index in [0.29, 0.717) is 28.2 Å². The summed E-state index contributed by atoms with van der Waals surface area (Å²) in [7, 11) is 0. The monoisotopic (exact) mass is 364 g/mol. The average molecular weight is 364 g/mol. The average Bonchev–Trinajstić information content (AvgIpc) is 2.95. The van der Waals surface area contributed by atoms with Crippen molar-refractivity contribution in [3.8, 4) is 11.5 Å². The number of halogens is 2. The summed E-state index contributed by atoms with van der Waals surface area (Å²) in [5.74, 6) is 0.00694. The second-order valence-corrected chi connectivity index (χ2v) is 6.07. The second-order valence-electron chi connectivity index (χ2n) is 6.07. The molecule has 0 bridgehead atoms. The molecule has 3 nitrogen and oxygen atoms in total. The number of ketones is 1. The number of ether oxygens (including phenoxy) is 2. The molecule has 0 N–H and O–H groups in total. The van der Waals surface area contributed by atoms with Crippen LogP contribution in [0.3, 0.4) is 0 Å². The fourth-order valence-corrected chi connectivity index (χ4v) is 2.80. The summed E-state index contributed by atoms with van der Waals surface area (Å²) in [5.41, 5.74) is 1.64. The summed E-state index contributed by atoms with van der Waals surface area (Å²) in [6, 6.07) is 16.9. The predicted molar refractivity (Wildman–Crippen MR) is 96.5 cm³/mol.